The maximum atomic E-state index is 13.3. The molecule has 3 aromatic carbocycles. The lowest BCUT2D eigenvalue weighted by molar-refractivity contribution is 0.0736. The zero-order valence-electron chi connectivity index (χ0n) is 15.2. The Kier molecular flexibility index (Phi) is 4.14. The molecule has 4 nitrogen and oxygen atoms in total. The van der Waals surface area contributed by atoms with Crippen LogP contribution < -0.4 is 0 Å². The number of fused-ring (bicyclic) bond motifs is 2. The van der Waals surface area contributed by atoms with Crippen LogP contribution in [0, 0.1) is 0 Å². The average Bonchev–Trinajstić information content (AvgIpc) is 3.16. The number of halogens is 1. The molecular weight excluding hydrogens is 370 g/mol. The van der Waals surface area contributed by atoms with Gasteiger partial charge < -0.3 is 4.90 Å². The monoisotopic (exact) mass is 387 g/mol. The van der Waals surface area contributed by atoms with Gasteiger partial charge in [-0.25, -0.2) is 0 Å². The molecule has 28 heavy (non-hydrogen) atoms. The number of nitrogens with zero attached hydrogens (tertiary/aromatic N) is 2. The number of aromatic nitrogens is 2. The van der Waals surface area contributed by atoms with Crippen LogP contribution >= 0.6 is 11.6 Å². The fraction of sp³-hybridized carbons (Fsp3) is 0.130. The van der Waals surface area contributed by atoms with Crippen molar-refractivity contribution in [3.63, 3.8) is 0 Å². The van der Waals surface area contributed by atoms with Crippen molar-refractivity contribution in [2.75, 3.05) is 6.54 Å². The molecule has 0 fully saturated rings. The lowest BCUT2D eigenvalue weighted by atomic mass is 9.99. The Morgan fingerprint density at radius 2 is 1.79 bits per heavy atom. The zero-order chi connectivity index (χ0) is 19.1. The van der Waals surface area contributed by atoms with Gasteiger partial charge in [0.1, 0.15) is 0 Å². The Morgan fingerprint density at radius 3 is 2.64 bits per heavy atom. The molecule has 4 aromatic rings. The summed E-state index contributed by atoms with van der Waals surface area (Å²) in [7, 11) is 0. The van der Waals surface area contributed by atoms with E-state index in [1.165, 1.54) is 0 Å². The van der Waals surface area contributed by atoms with Crippen LogP contribution in [0.15, 0.2) is 66.7 Å². The van der Waals surface area contributed by atoms with E-state index in [0.29, 0.717) is 18.1 Å². The Balaban J connectivity index is 1.49. The average molecular weight is 388 g/mol. The summed E-state index contributed by atoms with van der Waals surface area (Å²) in [5.74, 6) is 0.0608. The number of carbonyl (C=O) groups excluding carboxylic acids is 1. The van der Waals surface area contributed by atoms with E-state index < -0.39 is 0 Å². The number of hydrogen-bond donors (Lipinski definition) is 1. The molecule has 5 heteroatoms. The van der Waals surface area contributed by atoms with Gasteiger partial charge in [0.15, 0.2) is 0 Å². The van der Waals surface area contributed by atoms with Gasteiger partial charge >= 0.3 is 0 Å². The first kappa shape index (κ1) is 17.0. The summed E-state index contributed by atoms with van der Waals surface area (Å²) in [5.41, 5.74) is 4.83. The Labute approximate surface area is 167 Å². The number of nitrogens with one attached hydrogen (secondary N) is 1. The summed E-state index contributed by atoms with van der Waals surface area (Å²) in [5, 5.41) is 10.4. The lowest BCUT2D eigenvalue weighted by Gasteiger charge is -2.27. The molecule has 1 aliphatic heterocycles. The molecule has 0 radical (unpaired) electrons. The van der Waals surface area contributed by atoms with Crippen molar-refractivity contribution in [1.82, 2.24) is 15.1 Å². The minimum absolute atomic E-state index is 0.0608. The van der Waals surface area contributed by atoms with Crippen molar-refractivity contribution in [2.24, 2.45) is 0 Å². The van der Waals surface area contributed by atoms with Gasteiger partial charge in [0.05, 0.1) is 5.69 Å². The number of rotatable bonds is 2. The van der Waals surface area contributed by atoms with E-state index in [4.69, 9.17) is 11.6 Å². The SMILES string of the molecule is O=C(c1cccc2ccccc12)N1CCc2[nH]nc(-c3ccc(Cl)cc3)c2C1. The van der Waals surface area contributed by atoms with Crippen molar-refractivity contribution in [1.29, 1.82) is 0 Å². The van der Waals surface area contributed by atoms with Crippen LogP contribution in [0.4, 0.5) is 0 Å². The van der Waals surface area contributed by atoms with E-state index in [0.717, 1.165) is 45.3 Å². The normalized spacial score (nSPS) is 13.5. The van der Waals surface area contributed by atoms with E-state index in [-0.39, 0.29) is 5.91 Å². The maximum Gasteiger partial charge on any atom is 0.254 e. The van der Waals surface area contributed by atoms with Gasteiger partial charge in [-0.05, 0) is 29.0 Å². The summed E-state index contributed by atoms with van der Waals surface area (Å²) in [6.07, 6.45) is 0.770. The first-order valence-electron chi connectivity index (χ1n) is 9.30. The summed E-state index contributed by atoms with van der Waals surface area (Å²) < 4.78 is 0. The lowest BCUT2D eigenvalue weighted by Crippen LogP contribution is -2.36. The van der Waals surface area contributed by atoms with E-state index >= 15 is 0 Å². The van der Waals surface area contributed by atoms with Crippen LogP contribution in [0.2, 0.25) is 5.02 Å². The molecule has 0 saturated carbocycles. The molecular formula is C23H18ClN3O. The molecule has 1 N–H and O–H groups in total. The van der Waals surface area contributed by atoms with Crippen LogP contribution in [-0.2, 0) is 13.0 Å². The van der Waals surface area contributed by atoms with Crippen molar-refractivity contribution < 1.29 is 4.79 Å². The van der Waals surface area contributed by atoms with Gasteiger partial charge in [-0.15, -0.1) is 0 Å². The molecule has 138 valence electrons. The predicted octanol–water partition coefficient (Wildman–Crippen LogP) is 5.08. The van der Waals surface area contributed by atoms with Gasteiger partial charge in [0.2, 0.25) is 0 Å². The first-order chi connectivity index (χ1) is 13.7. The summed E-state index contributed by atoms with van der Waals surface area (Å²) in [6.45, 7) is 1.23. The van der Waals surface area contributed by atoms with Crippen LogP contribution in [0.25, 0.3) is 22.0 Å². The van der Waals surface area contributed by atoms with Crippen LogP contribution in [0.3, 0.4) is 0 Å². The number of carbonyl (C=O) groups is 1. The van der Waals surface area contributed by atoms with Gasteiger partial charge in [-0.3, -0.25) is 9.89 Å². The fourth-order valence-electron chi connectivity index (χ4n) is 3.90. The van der Waals surface area contributed by atoms with Crippen molar-refractivity contribution >= 4 is 28.3 Å². The summed E-state index contributed by atoms with van der Waals surface area (Å²) >= 11 is 6.02. The number of hydrogen-bond acceptors (Lipinski definition) is 2. The highest BCUT2D eigenvalue weighted by Crippen LogP contribution is 2.30. The van der Waals surface area contributed by atoms with Crippen molar-refractivity contribution in [2.45, 2.75) is 13.0 Å². The standard InChI is InChI=1S/C23H18ClN3O/c24-17-10-8-16(9-11-17)22-20-14-27(13-12-21(20)25-26-22)23(28)19-7-3-5-15-4-1-2-6-18(15)19/h1-11H,12-14H2,(H,25,26). The molecule has 0 saturated heterocycles. The highest BCUT2D eigenvalue weighted by molar-refractivity contribution is 6.30. The Bertz CT molecular complexity index is 1170. The third-order valence-electron chi connectivity index (χ3n) is 5.36. The smallest absolute Gasteiger partial charge is 0.254 e. The molecule has 0 bridgehead atoms. The number of aromatic amines is 1. The van der Waals surface area contributed by atoms with Gasteiger partial charge in [-0.1, -0.05) is 60.1 Å². The van der Waals surface area contributed by atoms with Crippen LogP contribution in [0.1, 0.15) is 21.6 Å². The number of benzene rings is 3. The highest BCUT2D eigenvalue weighted by Gasteiger charge is 2.27. The van der Waals surface area contributed by atoms with Crippen LogP contribution in [0.5, 0.6) is 0 Å². The summed E-state index contributed by atoms with van der Waals surface area (Å²) in [6, 6.07) is 21.6. The molecule has 0 atom stereocenters. The maximum absolute atomic E-state index is 13.3. The minimum atomic E-state index is 0.0608. The highest BCUT2D eigenvalue weighted by atomic mass is 35.5. The van der Waals surface area contributed by atoms with E-state index in [1.807, 2.05) is 71.6 Å². The number of H-pyrrole nitrogens is 1. The third-order valence-corrected chi connectivity index (χ3v) is 5.61. The zero-order valence-corrected chi connectivity index (χ0v) is 15.9. The van der Waals surface area contributed by atoms with E-state index in [1.54, 1.807) is 0 Å². The largest absolute Gasteiger partial charge is 0.334 e. The molecule has 0 aliphatic carbocycles. The third kappa shape index (κ3) is 2.86. The molecule has 1 aromatic heterocycles. The van der Waals surface area contributed by atoms with Gasteiger partial charge in [0.25, 0.3) is 5.91 Å². The van der Waals surface area contributed by atoms with Gasteiger partial charge in [-0.2, -0.15) is 5.10 Å². The first-order valence-corrected chi connectivity index (χ1v) is 9.67. The minimum Gasteiger partial charge on any atom is -0.334 e. The number of amides is 1. The topological polar surface area (TPSA) is 49.0 Å². The van der Waals surface area contributed by atoms with E-state index in [2.05, 4.69) is 10.2 Å². The van der Waals surface area contributed by atoms with Crippen molar-refractivity contribution in [3.8, 4) is 11.3 Å². The molecule has 1 aliphatic rings. The molecule has 0 unspecified atom stereocenters. The van der Waals surface area contributed by atoms with Crippen LogP contribution in [-0.4, -0.2) is 27.5 Å². The fourth-order valence-corrected chi connectivity index (χ4v) is 4.02. The second-order valence-corrected chi connectivity index (χ2v) is 7.48. The van der Waals surface area contributed by atoms with Crippen molar-refractivity contribution in [3.05, 3.63) is 88.6 Å². The molecule has 1 amide bonds. The molecule has 5 rings (SSSR count). The predicted molar refractivity (Wildman–Crippen MR) is 111 cm³/mol. The second kappa shape index (κ2) is 6.80. The molecule has 2 heterocycles. The second-order valence-electron chi connectivity index (χ2n) is 7.04. The molecule has 0 spiro atoms. The quantitative estimate of drug-likeness (QED) is 0.521. The Hall–Kier alpha value is -3.11. The van der Waals surface area contributed by atoms with E-state index in [9.17, 15) is 4.79 Å². The summed E-state index contributed by atoms with van der Waals surface area (Å²) in [4.78, 5) is 15.2. The van der Waals surface area contributed by atoms with Gasteiger partial charge in [0, 0.05) is 46.9 Å². The Morgan fingerprint density at radius 1 is 1.00 bits per heavy atom.